The van der Waals surface area contributed by atoms with Gasteiger partial charge >= 0.3 is 0 Å². The van der Waals surface area contributed by atoms with E-state index >= 15 is 0 Å². The number of amides is 1. The normalized spacial score (nSPS) is 30.6. The van der Waals surface area contributed by atoms with E-state index in [-0.39, 0.29) is 5.91 Å². The number of nitrogens with one attached hydrogen (secondary N) is 3. The van der Waals surface area contributed by atoms with Crippen molar-refractivity contribution in [3.63, 3.8) is 0 Å². The Hall–Kier alpha value is -1.07. The van der Waals surface area contributed by atoms with Crippen LogP contribution in [0.1, 0.15) is 46.0 Å². The fraction of sp³-hybridized carbons (Fsp3) is 0.842. The van der Waals surface area contributed by atoms with Crippen molar-refractivity contribution in [2.45, 2.75) is 58.1 Å². The Kier molecular flexibility index (Phi) is 6.17. The first-order valence-electron chi connectivity index (χ1n) is 9.70. The zero-order valence-electron chi connectivity index (χ0n) is 15.1. The highest BCUT2D eigenvalue weighted by Gasteiger charge is 2.36. The van der Waals surface area contributed by atoms with Gasteiger partial charge in [0, 0.05) is 25.1 Å². The number of piperidine rings is 1. The van der Waals surface area contributed by atoms with Crippen molar-refractivity contribution in [2.24, 2.45) is 17.8 Å². The molecule has 24 heavy (non-hydrogen) atoms. The molecule has 1 saturated carbocycles. The number of rotatable bonds is 6. The molecule has 5 nitrogen and oxygen atoms in total. The topological polar surface area (TPSA) is 62.4 Å². The first-order valence-corrected chi connectivity index (χ1v) is 9.70. The minimum atomic E-state index is 0.0465. The zero-order valence-corrected chi connectivity index (χ0v) is 15.1. The van der Waals surface area contributed by atoms with Crippen LogP contribution in [0.15, 0.2) is 11.8 Å². The summed E-state index contributed by atoms with van der Waals surface area (Å²) < 4.78 is 6.22. The van der Waals surface area contributed by atoms with Gasteiger partial charge in [0.2, 0.25) is 0 Å². The van der Waals surface area contributed by atoms with Gasteiger partial charge in [0.25, 0.3) is 5.91 Å². The lowest BCUT2D eigenvalue weighted by atomic mass is 9.84. The van der Waals surface area contributed by atoms with Crippen molar-refractivity contribution < 1.29 is 9.53 Å². The molecular formula is C19H33N3O2. The van der Waals surface area contributed by atoms with Gasteiger partial charge < -0.3 is 20.7 Å². The predicted molar refractivity (Wildman–Crippen MR) is 95.5 cm³/mol. The Balaban J connectivity index is 1.44. The SMILES string of the molecule is CC(C)CNC(=O)C1=CC2CC(OCC3CCNCC3)CCC2N1. The summed E-state index contributed by atoms with van der Waals surface area (Å²) in [6, 6.07) is 0.420. The molecule has 3 aliphatic rings. The fourth-order valence-corrected chi connectivity index (χ4v) is 4.00. The lowest BCUT2D eigenvalue weighted by molar-refractivity contribution is -0.118. The maximum absolute atomic E-state index is 12.2. The van der Waals surface area contributed by atoms with E-state index in [0.717, 1.165) is 57.1 Å². The number of fused-ring (bicyclic) bond motifs is 1. The summed E-state index contributed by atoms with van der Waals surface area (Å²) in [7, 11) is 0. The molecule has 2 heterocycles. The molecule has 0 bridgehead atoms. The van der Waals surface area contributed by atoms with Crippen molar-refractivity contribution in [1.29, 1.82) is 0 Å². The fourth-order valence-electron chi connectivity index (χ4n) is 4.00. The Labute approximate surface area is 146 Å². The van der Waals surface area contributed by atoms with E-state index < -0.39 is 0 Å². The number of hydrogen-bond donors (Lipinski definition) is 3. The molecule has 1 amide bonds. The molecule has 0 spiro atoms. The van der Waals surface area contributed by atoms with Crippen LogP contribution in [0.25, 0.3) is 0 Å². The van der Waals surface area contributed by atoms with Gasteiger partial charge in [0.05, 0.1) is 11.8 Å². The lowest BCUT2D eigenvalue weighted by Crippen LogP contribution is -2.40. The summed E-state index contributed by atoms with van der Waals surface area (Å²) in [5, 5.41) is 9.84. The number of carbonyl (C=O) groups is 1. The quantitative estimate of drug-likeness (QED) is 0.693. The highest BCUT2D eigenvalue weighted by Crippen LogP contribution is 2.33. The van der Waals surface area contributed by atoms with Crippen LogP contribution < -0.4 is 16.0 Å². The third kappa shape index (κ3) is 4.73. The van der Waals surface area contributed by atoms with Crippen LogP contribution in [-0.2, 0) is 9.53 Å². The van der Waals surface area contributed by atoms with Crippen molar-refractivity contribution in [2.75, 3.05) is 26.2 Å². The second kappa shape index (κ2) is 8.34. The molecule has 136 valence electrons. The van der Waals surface area contributed by atoms with Crippen molar-refractivity contribution in [1.82, 2.24) is 16.0 Å². The van der Waals surface area contributed by atoms with E-state index in [1.54, 1.807) is 0 Å². The average molecular weight is 335 g/mol. The summed E-state index contributed by atoms with van der Waals surface area (Å²) in [5.74, 6) is 1.69. The first kappa shape index (κ1) is 17.7. The Morgan fingerprint density at radius 2 is 2.08 bits per heavy atom. The summed E-state index contributed by atoms with van der Waals surface area (Å²) in [4.78, 5) is 12.2. The summed E-state index contributed by atoms with van der Waals surface area (Å²) in [5.41, 5.74) is 0.768. The van der Waals surface area contributed by atoms with Gasteiger partial charge in [-0.2, -0.15) is 0 Å². The Morgan fingerprint density at radius 3 is 2.83 bits per heavy atom. The van der Waals surface area contributed by atoms with Crippen LogP contribution in [0.3, 0.4) is 0 Å². The summed E-state index contributed by atoms with van der Waals surface area (Å²) in [6.07, 6.45) is 8.22. The highest BCUT2D eigenvalue weighted by atomic mass is 16.5. The van der Waals surface area contributed by atoms with Crippen LogP contribution in [0.2, 0.25) is 0 Å². The summed E-state index contributed by atoms with van der Waals surface area (Å²) >= 11 is 0. The molecule has 3 rings (SSSR count). The minimum Gasteiger partial charge on any atom is -0.378 e. The molecule has 2 fully saturated rings. The molecule has 3 N–H and O–H groups in total. The smallest absolute Gasteiger partial charge is 0.267 e. The van der Waals surface area contributed by atoms with Gasteiger partial charge in [-0.25, -0.2) is 0 Å². The molecule has 0 aromatic rings. The largest absolute Gasteiger partial charge is 0.378 e. The van der Waals surface area contributed by atoms with E-state index in [9.17, 15) is 4.79 Å². The zero-order chi connectivity index (χ0) is 16.9. The molecular weight excluding hydrogens is 302 g/mol. The van der Waals surface area contributed by atoms with Crippen molar-refractivity contribution >= 4 is 5.91 Å². The first-order chi connectivity index (χ1) is 11.6. The predicted octanol–water partition coefficient (Wildman–Crippen LogP) is 1.80. The standard InChI is InChI=1S/C19H33N3O2/c1-13(2)11-21-19(23)18-10-15-9-16(3-4-17(15)22-18)24-12-14-5-7-20-8-6-14/h10,13-17,20,22H,3-9,11-12H2,1-2H3,(H,21,23). The van der Waals surface area contributed by atoms with Crippen LogP contribution in [0.5, 0.6) is 0 Å². The number of hydrogen-bond acceptors (Lipinski definition) is 4. The maximum Gasteiger partial charge on any atom is 0.267 e. The molecule has 1 aliphatic carbocycles. The van der Waals surface area contributed by atoms with Gasteiger partial charge in [-0.1, -0.05) is 19.9 Å². The van der Waals surface area contributed by atoms with E-state index in [0.29, 0.717) is 24.0 Å². The van der Waals surface area contributed by atoms with Crippen LogP contribution >= 0.6 is 0 Å². The average Bonchev–Trinajstić information content (AvgIpc) is 3.02. The van der Waals surface area contributed by atoms with Gasteiger partial charge in [-0.3, -0.25) is 4.79 Å². The molecule has 0 aromatic carbocycles. The highest BCUT2D eigenvalue weighted by molar-refractivity contribution is 5.93. The van der Waals surface area contributed by atoms with Crippen molar-refractivity contribution in [3.8, 4) is 0 Å². The van der Waals surface area contributed by atoms with E-state index in [1.165, 1.54) is 12.8 Å². The Bertz CT molecular complexity index is 458. The maximum atomic E-state index is 12.2. The molecule has 1 saturated heterocycles. The molecule has 5 heteroatoms. The van der Waals surface area contributed by atoms with Crippen molar-refractivity contribution in [3.05, 3.63) is 11.8 Å². The van der Waals surface area contributed by atoms with Gasteiger partial charge in [-0.05, 0) is 57.0 Å². The second-order valence-electron chi connectivity index (χ2n) is 8.06. The Morgan fingerprint density at radius 1 is 1.29 bits per heavy atom. The van der Waals surface area contributed by atoms with Gasteiger partial charge in [0.15, 0.2) is 0 Å². The van der Waals surface area contributed by atoms with E-state index in [4.69, 9.17) is 4.74 Å². The molecule has 0 radical (unpaired) electrons. The third-order valence-corrected chi connectivity index (χ3v) is 5.52. The molecule has 3 atom stereocenters. The van der Waals surface area contributed by atoms with E-state index in [2.05, 4.69) is 35.9 Å². The monoisotopic (exact) mass is 335 g/mol. The molecule has 3 unspecified atom stereocenters. The van der Waals surface area contributed by atoms with Crippen LogP contribution in [0, 0.1) is 17.8 Å². The second-order valence-corrected chi connectivity index (χ2v) is 8.06. The minimum absolute atomic E-state index is 0.0465. The molecule has 0 aromatic heterocycles. The van der Waals surface area contributed by atoms with E-state index in [1.807, 2.05) is 0 Å². The van der Waals surface area contributed by atoms with Crippen LogP contribution in [0.4, 0.5) is 0 Å². The molecule has 2 aliphatic heterocycles. The lowest BCUT2D eigenvalue weighted by Gasteiger charge is -2.33. The third-order valence-electron chi connectivity index (χ3n) is 5.52. The van der Waals surface area contributed by atoms with Gasteiger partial charge in [0.1, 0.15) is 0 Å². The summed E-state index contributed by atoms with van der Waals surface area (Å²) in [6.45, 7) is 8.12. The van der Waals surface area contributed by atoms with Crippen LogP contribution in [-0.4, -0.2) is 44.3 Å². The number of ether oxygens (including phenoxy) is 1. The van der Waals surface area contributed by atoms with Gasteiger partial charge in [-0.15, -0.1) is 0 Å². The number of carbonyl (C=O) groups excluding carboxylic acids is 1.